The third-order valence-electron chi connectivity index (χ3n) is 6.84. The number of para-hydroxylation sites is 1. The summed E-state index contributed by atoms with van der Waals surface area (Å²) in [6, 6.07) is 32.1. The van der Waals surface area contributed by atoms with E-state index in [1.807, 2.05) is 56.3 Å². The van der Waals surface area contributed by atoms with Gasteiger partial charge in [0, 0.05) is 19.0 Å². The van der Waals surface area contributed by atoms with E-state index in [1.54, 1.807) is 67.8 Å². The number of hydrogen-bond donors (Lipinski definition) is 1. The van der Waals surface area contributed by atoms with Crippen LogP contribution in [0.1, 0.15) is 25.0 Å². The summed E-state index contributed by atoms with van der Waals surface area (Å²) in [7, 11) is -2.57. The Kier molecular flexibility index (Phi) is 10.6. The summed E-state index contributed by atoms with van der Waals surface area (Å²) in [6.45, 7) is 3.27. The molecule has 0 heterocycles. The maximum atomic E-state index is 14.4. The number of nitrogens with one attached hydrogen (secondary N) is 1. The number of sulfonamides is 1. The van der Waals surface area contributed by atoms with Gasteiger partial charge in [-0.15, -0.1) is 0 Å². The lowest BCUT2D eigenvalue weighted by Crippen LogP contribution is -2.54. The first kappa shape index (κ1) is 31.3. The second kappa shape index (κ2) is 14.5. The largest absolute Gasteiger partial charge is 0.497 e. The summed E-state index contributed by atoms with van der Waals surface area (Å²) in [5, 5.41) is 2.96. The highest BCUT2D eigenvalue weighted by molar-refractivity contribution is 7.92. The topological polar surface area (TPSA) is 96.0 Å². The van der Waals surface area contributed by atoms with Crippen LogP contribution in [0.4, 0.5) is 5.69 Å². The van der Waals surface area contributed by atoms with Crippen molar-refractivity contribution in [3.8, 4) is 5.75 Å². The molecule has 43 heavy (non-hydrogen) atoms. The van der Waals surface area contributed by atoms with E-state index in [2.05, 4.69) is 5.32 Å². The number of anilines is 1. The third kappa shape index (κ3) is 8.23. The number of nitrogens with zero attached hydrogens (tertiary/aromatic N) is 2. The second-order valence-corrected chi connectivity index (χ2v) is 12.3. The molecule has 0 aromatic heterocycles. The molecule has 8 nitrogen and oxygen atoms in total. The number of benzene rings is 4. The van der Waals surface area contributed by atoms with Crippen LogP contribution in [0.25, 0.3) is 0 Å². The fourth-order valence-electron chi connectivity index (χ4n) is 4.74. The monoisotopic (exact) mass is 599 g/mol. The van der Waals surface area contributed by atoms with E-state index in [1.165, 1.54) is 17.0 Å². The van der Waals surface area contributed by atoms with Crippen LogP contribution in [0.15, 0.2) is 120 Å². The van der Waals surface area contributed by atoms with Crippen molar-refractivity contribution in [3.63, 3.8) is 0 Å². The van der Waals surface area contributed by atoms with Gasteiger partial charge in [-0.1, -0.05) is 78.9 Å². The van der Waals surface area contributed by atoms with Crippen LogP contribution in [-0.4, -0.2) is 50.9 Å². The second-order valence-electron chi connectivity index (χ2n) is 10.4. The molecule has 0 aliphatic carbocycles. The number of amides is 2. The van der Waals surface area contributed by atoms with Crippen LogP contribution >= 0.6 is 0 Å². The molecule has 0 radical (unpaired) electrons. The molecule has 0 aliphatic rings. The molecule has 0 bridgehead atoms. The van der Waals surface area contributed by atoms with Gasteiger partial charge in [-0.25, -0.2) is 8.42 Å². The summed E-state index contributed by atoms with van der Waals surface area (Å²) < 4.78 is 34.4. The molecule has 4 aromatic carbocycles. The highest BCUT2D eigenvalue weighted by atomic mass is 32.2. The fraction of sp³-hybridized carbons (Fsp3) is 0.235. The Morgan fingerprint density at radius 2 is 1.37 bits per heavy atom. The minimum Gasteiger partial charge on any atom is -0.497 e. The van der Waals surface area contributed by atoms with Gasteiger partial charge < -0.3 is 15.0 Å². The van der Waals surface area contributed by atoms with Crippen LogP contribution < -0.4 is 14.4 Å². The maximum absolute atomic E-state index is 14.4. The van der Waals surface area contributed by atoms with Crippen LogP contribution in [0.2, 0.25) is 0 Å². The van der Waals surface area contributed by atoms with Gasteiger partial charge in [0.1, 0.15) is 18.3 Å². The number of carbonyl (C=O) groups is 2. The molecule has 0 spiro atoms. The zero-order valence-electron chi connectivity index (χ0n) is 24.6. The molecule has 0 aliphatic heterocycles. The van der Waals surface area contributed by atoms with Crippen molar-refractivity contribution in [1.82, 2.24) is 10.2 Å². The Balaban J connectivity index is 1.79. The van der Waals surface area contributed by atoms with Crippen LogP contribution in [0.5, 0.6) is 5.75 Å². The Bertz CT molecular complexity index is 1600. The minimum absolute atomic E-state index is 0.0596. The van der Waals surface area contributed by atoms with Gasteiger partial charge in [0.05, 0.1) is 17.7 Å². The molecule has 0 unspecified atom stereocenters. The third-order valence-corrected chi connectivity index (χ3v) is 8.63. The van der Waals surface area contributed by atoms with E-state index in [0.29, 0.717) is 11.4 Å². The van der Waals surface area contributed by atoms with Crippen LogP contribution in [0, 0.1) is 0 Å². The standard InChI is InChI=1S/C34H37N3O5S/c1-26(2)35-34(39)32(23-27-14-7-4-8-15-27)36(24-28-16-13-19-30(22-28)42-3)33(38)25-37(29-17-9-5-10-18-29)43(40,41)31-20-11-6-12-21-31/h4-22,26,32H,23-25H2,1-3H3,(H,35,39)/t32-/m0/s1. The molecule has 224 valence electrons. The van der Waals surface area contributed by atoms with Gasteiger partial charge in [0.15, 0.2) is 0 Å². The smallest absolute Gasteiger partial charge is 0.264 e. The molecule has 0 saturated heterocycles. The lowest BCUT2D eigenvalue weighted by molar-refractivity contribution is -0.140. The van der Waals surface area contributed by atoms with Crippen molar-refractivity contribution in [2.24, 2.45) is 0 Å². The summed E-state index contributed by atoms with van der Waals surface area (Å²) in [5.74, 6) is -0.244. The molecule has 4 aromatic rings. The highest BCUT2D eigenvalue weighted by Crippen LogP contribution is 2.25. The van der Waals surface area contributed by atoms with Gasteiger partial charge in [-0.05, 0) is 61.4 Å². The first-order valence-corrected chi connectivity index (χ1v) is 15.5. The molecule has 1 atom stereocenters. The highest BCUT2D eigenvalue weighted by Gasteiger charge is 2.34. The Morgan fingerprint density at radius 3 is 1.98 bits per heavy atom. The molecular weight excluding hydrogens is 562 g/mol. The normalized spacial score (nSPS) is 11.9. The van der Waals surface area contributed by atoms with E-state index in [0.717, 1.165) is 15.4 Å². The number of carbonyl (C=O) groups excluding carboxylic acids is 2. The van der Waals surface area contributed by atoms with E-state index in [4.69, 9.17) is 4.74 Å². The van der Waals surface area contributed by atoms with Gasteiger partial charge in [0.2, 0.25) is 11.8 Å². The van der Waals surface area contributed by atoms with E-state index < -0.39 is 28.5 Å². The van der Waals surface area contributed by atoms with Gasteiger partial charge in [0.25, 0.3) is 10.0 Å². The van der Waals surface area contributed by atoms with E-state index in [9.17, 15) is 18.0 Å². The van der Waals surface area contributed by atoms with Crippen molar-refractivity contribution in [2.75, 3.05) is 18.0 Å². The van der Waals surface area contributed by atoms with E-state index in [-0.39, 0.29) is 29.8 Å². The molecule has 4 rings (SSSR count). The van der Waals surface area contributed by atoms with Crippen molar-refractivity contribution >= 4 is 27.5 Å². The maximum Gasteiger partial charge on any atom is 0.264 e. The van der Waals surface area contributed by atoms with Gasteiger partial charge in [-0.3, -0.25) is 13.9 Å². The predicted molar refractivity (Wildman–Crippen MR) is 168 cm³/mol. The quantitative estimate of drug-likeness (QED) is 0.232. The van der Waals surface area contributed by atoms with Crippen molar-refractivity contribution < 1.29 is 22.7 Å². The number of rotatable bonds is 13. The molecule has 0 fully saturated rings. The SMILES string of the molecule is COc1cccc(CN(C(=O)CN(c2ccccc2)S(=O)(=O)c2ccccc2)[C@@H](Cc2ccccc2)C(=O)NC(C)C)c1. The summed E-state index contributed by atoms with van der Waals surface area (Å²) in [5.41, 5.74) is 1.94. The lowest BCUT2D eigenvalue weighted by Gasteiger charge is -2.34. The average molecular weight is 600 g/mol. The van der Waals surface area contributed by atoms with E-state index >= 15 is 0 Å². The summed E-state index contributed by atoms with van der Waals surface area (Å²) >= 11 is 0. The van der Waals surface area contributed by atoms with Crippen molar-refractivity contribution in [3.05, 3.63) is 126 Å². The first-order chi connectivity index (χ1) is 20.7. The van der Waals surface area contributed by atoms with Gasteiger partial charge >= 0.3 is 0 Å². The Morgan fingerprint density at radius 1 is 0.791 bits per heavy atom. The fourth-order valence-corrected chi connectivity index (χ4v) is 6.18. The number of methoxy groups -OCH3 is 1. The lowest BCUT2D eigenvalue weighted by atomic mass is 10.0. The summed E-state index contributed by atoms with van der Waals surface area (Å²) in [6.07, 6.45) is 0.242. The zero-order valence-corrected chi connectivity index (χ0v) is 25.4. The average Bonchev–Trinajstić information content (AvgIpc) is 3.02. The van der Waals surface area contributed by atoms with Crippen molar-refractivity contribution in [1.29, 1.82) is 0 Å². The Labute approximate surface area is 254 Å². The molecule has 9 heteroatoms. The predicted octanol–water partition coefficient (Wildman–Crippen LogP) is 5.06. The van der Waals surface area contributed by atoms with Gasteiger partial charge in [-0.2, -0.15) is 0 Å². The van der Waals surface area contributed by atoms with Crippen LogP contribution in [-0.2, 0) is 32.6 Å². The molecule has 2 amide bonds. The Hall–Kier alpha value is -4.63. The minimum atomic E-state index is -4.12. The molecular formula is C34H37N3O5S. The molecule has 1 N–H and O–H groups in total. The number of ether oxygens (including phenoxy) is 1. The molecule has 0 saturated carbocycles. The zero-order chi connectivity index (χ0) is 30.8. The van der Waals surface area contributed by atoms with Crippen LogP contribution in [0.3, 0.4) is 0 Å². The summed E-state index contributed by atoms with van der Waals surface area (Å²) in [4.78, 5) is 29.7. The van der Waals surface area contributed by atoms with Crippen molar-refractivity contribution in [2.45, 2.75) is 43.8 Å². The first-order valence-electron chi connectivity index (χ1n) is 14.1. The number of hydrogen-bond acceptors (Lipinski definition) is 5.